The fourth-order valence-corrected chi connectivity index (χ4v) is 4.24. The van der Waals surface area contributed by atoms with Crippen molar-refractivity contribution in [3.8, 4) is 11.5 Å². The molecule has 0 aliphatic carbocycles. The molecule has 1 aromatic heterocycles. The van der Waals surface area contributed by atoms with Gasteiger partial charge in [0.25, 0.3) is 0 Å². The van der Waals surface area contributed by atoms with E-state index in [-0.39, 0.29) is 12.0 Å². The Morgan fingerprint density at radius 3 is 3.04 bits per heavy atom. The molecule has 0 spiro atoms. The van der Waals surface area contributed by atoms with E-state index in [9.17, 15) is 4.79 Å². The number of ether oxygens (including phenoxy) is 2. The van der Waals surface area contributed by atoms with E-state index in [1.54, 1.807) is 11.3 Å². The zero-order valence-corrected chi connectivity index (χ0v) is 16.3. The van der Waals surface area contributed by atoms with Gasteiger partial charge in [0.15, 0.2) is 0 Å². The molecule has 0 saturated heterocycles. The van der Waals surface area contributed by atoms with Gasteiger partial charge in [0.2, 0.25) is 5.91 Å². The van der Waals surface area contributed by atoms with Crippen molar-refractivity contribution in [3.63, 3.8) is 0 Å². The van der Waals surface area contributed by atoms with E-state index in [0.29, 0.717) is 30.9 Å². The smallest absolute Gasteiger partial charge is 0.224 e. The third-order valence-electron chi connectivity index (χ3n) is 4.48. The topological polar surface area (TPSA) is 60.5 Å². The lowest BCUT2D eigenvalue weighted by molar-refractivity contribution is -0.116. The molecular formula is C21H22N2O3S. The molecule has 1 aliphatic rings. The van der Waals surface area contributed by atoms with Crippen LogP contribution in [0.25, 0.3) is 10.2 Å². The molecule has 3 aromatic rings. The number of nitrogens with zero attached hydrogens (tertiary/aromatic N) is 1. The average Bonchev–Trinajstić information content (AvgIpc) is 3.22. The number of hydrogen-bond acceptors (Lipinski definition) is 5. The van der Waals surface area contributed by atoms with Gasteiger partial charge in [-0.3, -0.25) is 4.79 Å². The molecule has 6 heteroatoms. The highest BCUT2D eigenvalue weighted by Gasteiger charge is 2.22. The normalized spacial score (nSPS) is 15.4. The highest BCUT2D eigenvalue weighted by atomic mass is 32.1. The Morgan fingerprint density at radius 1 is 1.37 bits per heavy atom. The molecule has 140 valence electrons. The molecule has 1 aliphatic heterocycles. The van der Waals surface area contributed by atoms with Crippen molar-refractivity contribution in [1.82, 2.24) is 4.98 Å². The molecular weight excluding hydrogens is 360 g/mol. The SMILES string of the molecule is CCOc1cc2c(cc1NC(=O)CCc1nc3ccccc3s1)OC(C)C2. The summed E-state index contributed by atoms with van der Waals surface area (Å²) in [6.07, 6.45) is 2.01. The van der Waals surface area contributed by atoms with Crippen molar-refractivity contribution in [2.24, 2.45) is 0 Å². The third-order valence-corrected chi connectivity index (χ3v) is 5.57. The number of para-hydroxylation sites is 1. The number of aryl methyl sites for hydroxylation is 1. The zero-order valence-electron chi connectivity index (χ0n) is 15.5. The number of amides is 1. The number of carbonyl (C=O) groups is 1. The summed E-state index contributed by atoms with van der Waals surface area (Å²) in [6.45, 7) is 4.52. The number of carbonyl (C=O) groups excluding carboxylic acids is 1. The molecule has 27 heavy (non-hydrogen) atoms. The van der Waals surface area contributed by atoms with Crippen molar-refractivity contribution in [2.75, 3.05) is 11.9 Å². The second-order valence-corrected chi connectivity index (χ2v) is 7.76. The van der Waals surface area contributed by atoms with Crippen LogP contribution < -0.4 is 14.8 Å². The lowest BCUT2D eigenvalue weighted by Crippen LogP contribution is -2.13. The van der Waals surface area contributed by atoms with Crippen molar-refractivity contribution < 1.29 is 14.3 Å². The van der Waals surface area contributed by atoms with Crippen LogP contribution in [0, 0.1) is 0 Å². The Morgan fingerprint density at radius 2 is 2.22 bits per heavy atom. The predicted molar refractivity (Wildman–Crippen MR) is 108 cm³/mol. The molecule has 5 nitrogen and oxygen atoms in total. The summed E-state index contributed by atoms with van der Waals surface area (Å²) < 4.78 is 12.7. The molecule has 0 saturated carbocycles. The first kappa shape index (κ1) is 17.8. The van der Waals surface area contributed by atoms with Crippen molar-refractivity contribution >= 4 is 33.1 Å². The predicted octanol–water partition coefficient (Wildman–Crippen LogP) is 4.59. The van der Waals surface area contributed by atoms with E-state index >= 15 is 0 Å². The quantitative estimate of drug-likeness (QED) is 0.677. The van der Waals surface area contributed by atoms with E-state index in [2.05, 4.69) is 16.4 Å². The fraction of sp³-hybridized carbons (Fsp3) is 0.333. The number of thiazole rings is 1. The van der Waals surface area contributed by atoms with Gasteiger partial charge in [-0.1, -0.05) is 12.1 Å². The zero-order chi connectivity index (χ0) is 18.8. The van der Waals surface area contributed by atoms with Crippen molar-refractivity contribution in [3.05, 3.63) is 47.0 Å². The highest BCUT2D eigenvalue weighted by Crippen LogP contribution is 2.38. The molecule has 1 amide bonds. The Bertz CT molecular complexity index is 950. The third kappa shape index (κ3) is 3.90. The van der Waals surface area contributed by atoms with Gasteiger partial charge in [-0.05, 0) is 32.0 Å². The van der Waals surface area contributed by atoms with Crippen LogP contribution in [0.15, 0.2) is 36.4 Å². The van der Waals surface area contributed by atoms with Crippen LogP contribution in [0.3, 0.4) is 0 Å². The summed E-state index contributed by atoms with van der Waals surface area (Å²) in [5.74, 6) is 1.47. The maximum absolute atomic E-state index is 12.5. The van der Waals surface area contributed by atoms with Crippen LogP contribution in [0.2, 0.25) is 0 Å². The van der Waals surface area contributed by atoms with Gasteiger partial charge in [0.1, 0.15) is 17.6 Å². The number of rotatable bonds is 6. The van der Waals surface area contributed by atoms with E-state index in [4.69, 9.17) is 9.47 Å². The molecule has 0 radical (unpaired) electrons. The summed E-state index contributed by atoms with van der Waals surface area (Å²) in [5.41, 5.74) is 2.78. The van der Waals surface area contributed by atoms with Gasteiger partial charge in [-0.2, -0.15) is 0 Å². The molecule has 0 bridgehead atoms. The summed E-state index contributed by atoms with van der Waals surface area (Å²) in [7, 11) is 0. The monoisotopic (exact) mass is 382 g/mol. The lowest BCUT2D eigenvalue weighted by atomic mass is 10.1. The summed E-state index contributed by atoms with van der Waals surface area (Å²) in [6, 6.07) is 11.9. The first-order valence-electron chi connectivity index (χ1n) is 9.23. The number of aromatic nitrogens is 1. The number of benzene rings is 2. The van der Waals surface area contributed by atoms with Crippen molar-refractivity contribution in [2.45, 2.75) is 39.2 Å². The van der Waals surface area contributed by atoms with E-state index < -0.39 is 0 Å². The van der Waals surface area contributed by atoms with Gasteiger partial charge >= 0.3 is 0 Å². The number of anilines is 1. The minimum absolute atomic E-state index is 0.0544. The standard InChI is InChI=1S/C21H22N2O3S/c1-3-25-18-11-14-10-13(2)26-17(14)12-16(18)22-20(24)8-9-21-23-15-6-4-5-7-19(15)27-21/h4-7,11-13H,3,8-10H2,1-2H3,(H,22,24). The van der Waals surface area contributed by atoms with Crippen LogP contribution >= 0.6 is 11.3 Å². The second kappa shape index (κ2) is 7.56. The van der Waals surface area contributed by atoms with Crippen LogP contribution in [0.4, 0.5) is 5.69 Å². The van der Waals surface area contributed by atoms with Gasteiger partial charge in [0, 0.05) is 30.9 Å². The molecule has 2 aromatic carbocycles. The lowest BCUT2D eigenvalue weighted by Gasteiger charge is -2.13. The average molecular weight is 382 g/mol. The van der Waals surface area contributed by atoms with Crippen molar-refractivity contribution in [1.29, 1.82) is 0 Å². The molecule has 2 heterocycles. The summed E-state index contributed by atoms with van der Waals surface area (Å²) in [4.78, 5) is 17.1. The van der Waals surface area contributed by atoms with Gasteiger partial charge < -0.3 is 14.8 Å². The number of fused-ring (bicyclic) bond motifs is 2. The van der Waals surface area contributed by atoms with Crippen LogP contribution in [0.5, 0.6) is 11.5 Å². The summed E-state index contributed by atoms with van der Waals surface area (Å²) in [5, 5.41) is 3.95. The fourth-order valence-electron chi connectivity index (χ4n) is 3.27. The largest absolute Gasteiger partial charge is 0.492 e. The molecule has 1 atom stereocenters. The first-order chi connectivity index (χ1) is 13.1. The molecule has 4 rings (SSSR count). The number of hydrogen-bond donors (Lipinski definition) is 1. The minimum atomic E-state index is -0.0544. The maximum atomic E-state index is 12.5. The minimum Gasteiger partial charge on any atom is -0.492 e. The van der Waals surface area contributed by atoms with E-state index in [0.717, 1.165) is 33.0 Å². The molecule has 0 fully saturated rings. The molecule has 1 unspecified atom stereocenters. The maximum Gasteiger partial charge on any atom is 0.224 e. The van der Waals surface area contributed by atoms with Crippen LogP contribution in [-0.4, -0.2) is 23.6 Å². The van der Waals surface area contributed by atoms with E-state index in [1.807, 2.05) is 44.2 Å². The summed E-state index contributed by atoms with van der Waals surface area (Å²) >= 11 is 1.64. The van der Waals surface area contributed by atoms with E-state index in [1.165, 1.54) is 0 Å². The first-order valence-corrected chi connectivity index (χ1v) is 10.0. The Labute approximate surface area is 162 Å². The van der Waals surface area contributed by atoms with Crippen LogP contribution in [-0.2, 0) is 17.6 Å². The number of nitrogens with one attached hydrogen (secondary N) is 1. The molecule has 1 N–H and O–H groups in total. The highest BCUT2D eigenvalue weighted by molar-refractivity contribution is 7.18. The van der Waals surface area contributed by atoms with Crippen LogP contribution in [0.1, 0.15) is 30.8 Å². The Balaban J connectivity index is 1.45. The second-order valence-electron chi connectivity index (χ2n) is 6.65. The van der Waals surface area contributed by atoms with Gasteiger partial charge in [-0.25, -0.2) is 4.98 Å². The Kier molecular flexibility index (Phi) is 4.99. The van der Waals surface area contributed by atoms with Gasteiger partial charge in [0.05, 0.1) is 27.5 Å². The van der Waals surface area contributed by atoms with Gasteiger partial charge in [-0.15, -0.1) is 11.3 Å². The Hall–Kier alpha value is -2.60.